The van der Waals surface area contributed by atoms with E-state index < -0.39 is 0 Å². The number of hydrogen-bond acceptors (Lipinski definition) is 2. The highest BCUT2D eigenvalue weighted by Gasteiger charge is 2.21. The van der Waals surface area contributed by atoms with Gasteiger partial charge in [0.25, 0.3) is 0 Å². The van der Waals surface area contributed by atoms with Crippen molar-refractivity contribution in [3.63, 3.8) is 0 Å². The lowest BCUT2D eigenvalue weighted by Gasteiger charge is -2.27. The molecule has 0 aromatic rings. The second kappa shape index (κ2) is 8.16. The molecule has 0 unspecified atom stereocenters. The molecule has 0 aromatic carbocycles. The van der Waals surface area contributed by atoms with Crippen molar-refractivity contribution >= 4 is 0 Å². The predicted octanol–water partition coefficient (Wildman–Crippen LogP) is 3.56. The van der Waals surface area contributed by atoms with Crippen LogP contribution < -0.4 is 5.32 Å². The highest BCUT2D eigenvalue weighted by Crippen LogP contribution is 2.23. The van der Waals surface area contributed by atoms with Crippen molar-refractivity contribution in [2.75, 3.05) is 19.6 Å². The number of nitrogens with one attached hydrogen (secondary N) is 1. The summed E-state index contributed by atoms with van der Waals surface area (Å²) >= 11 is 0. The topological polar surface area (TPSA) is 15.3 Å². The molecule has 2 nitrogen and oxygen atoms in total. The van der Waals surface area contributed by atoms with Crippen molar-refractivity contribution in [3.8, 4) is 0 Å². The normalized spacial score (nSPS) is 21.0. The Hall–Kier alpha value is -0.0800. The van der Waals surface area contributed by atoms with E-state index in [1.54, 1.807) is 0 Å². The van der Waals surface area contributed by atoms with Crippen LogP contribution in [0.2, 0.25) is 0 Å². The Kier molecular flexibility index (Phi) is 6.50. The summed E-state index contributed by atoms with van der Waals surface area (Å²) in [4.78, 5) is 2.73. The molecule has 2 aliphatic rings. The van der Waals surface area contributed by atoms with Crippen molar-refractivity contribution in [2.24, 2.45) is 0 Å². The Morgan fingerprint density at radius 1 is 0.944 bits per heavy atom. The van der Waals surface area contributed by atoms with Crippen molar-refractivity contribution in [3.05, 3.63) is 0 Å². The van der Waals surface area contributed by atoms with Crippen LogP contribution in [0.1, 0.15) is 71.1 Å². The highest BCUT2D eigenvalue weighted by atomic mass is 15.1. The van der Waals surface area contributed by atoms with Crippen LogP contribution in [-0.2, 0) is 0 Å². The van der Waals surface area contributed by atoms with Crippen molar-refractivity contribution in [1.82, 2.24) is 10.2 Å². The molecule has 0 radical (unpaired) electrons. The van der Waals surface area contributed by atoms with E-state index >= 15 is 0 Å². The van der Waals surface area contributed by atoms with E-state index in [-0.39, 0.29) is 0 Å². The van der Waals surface area contributed by atoms with Gasteiger partial charge in [-0.25, -0.2) is 0 Å². The Labute approximate surface area is 114 Å². The van der Waals surface area contributed by atoms with Crippen LogP contribution >= 0.6 is 0 Å². The Morgan fingerprint density at radius 3 is 2.33 bits per heavy atom. The molecular weight excluding hydrogens is 220 g/mol. The smallest absolute Gasteiger partial charge is 0.00951 e. The van der Waals surface area contributed by atoms with Gasteiger partial charge in [-0.15, -0.1) is 0 Å². The first-order valence-corrected chi connectivity index (χ1v) is 8.37. The van der Waals surface area contributed by atoms with E-state index in [4.69, 9.17) is 0 Å². The first-order valence-electron chi connectivity index (χ1n) is 8.37. The fraction of sp³-hybridized carbons (Fsp3) is 1.00. The van der Waals surface area contributed by atoms with Gasteiger partial charge in [0, 0.05) is 12.1 Å². The second-order valence-corrected chi connectivity index (χ2v) is 6.21. The van der Waals surface area contributed by atoms with E-state index in [0.717, 1.165) is 12.1 Å². The third-order valence-electron chi connectivity index (χ3n) is 4.63. The van der Waals surface area contributed by atoms with Crippen LogP contribution in [0.5, 0.6) is 0 Å². The molecule has 0 aromatic heterocycles. The van der Waals surface area contributed by atoms with Gasteiger partial charge in [0.15, 0.2) is 0 Å². The Bertz CT molecular complexity index is 207. The molecule has 106 valence electrons. The lowest BCUT2D eigenvalue weighted by molar-refractivity contribution is 0.204. The van der Waals surface area contributed by atoms with Crippen LogP contribution in [0.4, 0.5) is 0 Å². The largest absolute Gasteiger partial charge is 0.314 e. The van der Waals surface area contributed by atoms with Crippen LogP contribution in [-0.4, -0.2) is 36.6 Å². The molecule has 0 atom stereocenters. The predicted molar refractivity (Wildman–Crippen MR) is 79.0 cm³/mol. The zero-order valence-electron chi connectivity index (χ0n) is 12.3. The first kappa shape index (κ1) is 14.3. The van der Waals surface area contributed by atoms with Gasteiger partial charge in [-0.1, -0.05) is 32.6 Å². The zero-order chi connectivity index (χ0) is 12.6. The van der Waals surface area contributed by atoms with Crippen LogP contribution in [0.15, 0.2) is 0 Å². The molecule has 2 aliphatic carbocycles. The maximum absolute atomic E-state index is 3.60. The van der Waals surface area contributed by atoms with Gasteiger partial charge in [0.1, 0.15) is 0 Å². The number of unbranched alkanes of at least 4 members (excludes halogenated alkanes) is 3. The Balaban J connectivity index is 1.42. The van der Waals surface area contributed by atoms with E-state index in [2.05, 4.69) is 17.1 Å². The monoisotopic (exact) mass is 252 g/mol. The van der Waals surface area contributed by atoms with Gasteiger partial charge in [0.2, 0.25) is 0 Å². The van der Waals surface area contributed by atoms with Gasteiger partial charge in [-0.2, -0.15) is 0 Å². The minimum absolute atomic E-state index is 0.892. The highest BCUT2D eigenvalue weighted by molar-refractivity contribution is 4.80. The molecule has 2 saturated carbocycles. The van der Waals surface area contributed by atoms with E-state index in [1.165, 1.54) is 83.8 Å². The average Bonchev–Trinajstić information content (AvgIpc) is 3.05. The molecule has 0 heterocycles. The maximum atomic E-state index is 3.60. The summed E-state index contributed by atoms with van der Waals surface area (Å²) in [6.45, 7) is 6.19. The van der Waals surface area contributed by atoms with E-state index in [9.17, 15) is 0 Å². The lowest BCUT2D eigenvalue weighted by atomic mass is 10.1. The second-order valence-electron chi connectivity index (χ2n) is 6.21. The molecule has 1 N–H and O–H groups in total. The molecule has 0 aliphatic heterocycles. The fourth-order valence-electron chi connectivity index (χ4n) is 3.26. The summed E-state index contributed by atoms with van der Waals surface area (Å²) in [5, 5.41) is 3.60. The molecular formula is C16H32N2. The minimum atomic E-state index is 0.892. The molecule has 18 heavy (non-hydrogen) atoms. The zero-order valence-corrected chi connectivity index (χ0v) is 12.3. The summed E-state index contributed by atoms with van der Waals surface area (Å²) in [5.41, 5.74) is 0. The van der Waals surface area contributed by atoms with Gasteiger partial charge < -0.3 is 10.2 Å². The quantitative estimate of drug-likeness (QED) is 0.598. The third-order valence-corrected chi connectivity index (χ3v) is 4.63. The standard InChI is InChI=1S/C16H32N2/c1-2-18(16-9-5-6-10-16)14-8-4-3-7-13-17-15-11-12-15/h15-17H,2-14H2,1H3. The molecule has 0 saturated heterocycles. The molecule has 2 rings (SSSR count). The van der Waals surface area contributed by atoms with E-state index in [1.807, 2.05) is 0 Å². The number of nitrogens with zero attached hydrogens (tertiary/aromatic N) is 1. The summed E-state index contributed by atoms with van der Waals surface area (Å²) < 4.78 is 0. The fourth-order valence-corrected chi connectivity index (χ4v) is 3.26. The Morgan fingerprint density at radius 2 is 1.67 bits per heavy atom. The maximum Gasteiger partial charge on any atom is 0.00951 e. The average molecular weight is 252 g/mol. The number of hydrogen-bond donors (Lipinski definition) is 1. The number of rotatable bonds is 10. The van der Waals surface area contributed by atoms with Crippen molar-refractivity contribution in [1.29, 1.82) is 0 Å². The van der Waals surface area contributed by atoms with Crippen LogP contribution in [0.25, 0.3) is 0 Å². The molecule has 0 amide bonds. The van der Waals surface area contributed by atoms with Gasteiger partial charge in [-0.05, 0) is 58.2 Å². The first-order chi connectivity index (χ1) is 8.90. The van der Waals surface area contributed by atoms with Gasteiger partial charge in [0.05, 0.1) is 0 Å². The van der Waals surface area contributed by atoms with Crippen LogP contribution in [0.3, 0.4) is 0 Å². The third kappa shape index (κ3) is 5.27. The molecule has 0 spiro atoms. The summed E-state index contributed by atoms with van der Waals surface area (Å²) in [6.07, 6.45) is 14.3. The van der Waals surface area contributed by atoms with E-state index in [0.29, 0.717) is 0 Å². The van der Waals surface area contributed by atoms with Gasteiger partial charge >= 0.3 is 0 Å². The molecule has 2 heteroatoms. The van der Waals surface area contributed by atoms with Gasteiger partial charge in [-0.3, -0.25) is 0 Å². The van der Waals surface area contributed by atoms with Crippen molar-refractivity contribution < 1.29 is 0 Å². The lowest BCUT2D eigenvalue weighted by Crippen LogP contribution is -2.33. The summed E-state index contributed by atoms with van der Waals surface area (Å²) in [5.74, 6) is 0. The molecule has 2 fully saturated rings. The van der Waals surface area contributed by atoms with Crippen molar-refractivity contribution in [2.45, 2.75) is 83.2 Å². The SMILES string of the molecule is CCN(CCCCCCNC1CC1)C1CCCC1. The van der Waals surface area contributed by atoms with Crippen LogP contribution in [0, 0.1) is 0 Å². The summed E-state index contributed by atoms with van der Waals surface area (Å²) in [7, 11) is 0. The summed E-state index contributed by atoms with van der Waals surface area (Å²) in [6, 6.07) is 1.81. The minimum Gasteiger partial charge on any atom is -0.314 e. The molecule has 0 bridgehead atoms.